The first-order valence-corrected chi connectivity index (χ1v) is 11.4. The van der Waals surface area contributed by atoms with Gasteiger partial charge in [-0.1, -0.05) is 23.7 Å². The van der Waals surface area contributed by atoms with Gasteiger partial charge in [-0.05, 0) is 44.2 Å². The molecule has 0 unspecified atom stereocenters. The molecule has 0 atom stereocenters. The summed E-state index contributed by atoms with van der Waals surface area (Å²) in [4.78, 5) is 12.1. The third-order valence-electron chi connectivity index (χ3n) is 4.51. The van der Waals surface area contributed by atoms with E-state index in [9.17, 15) is 13.2 Å². The molecule has 3 rings (SSSR count). The Bertz CT molecular complexity index is 987. The second kappa shape index (κ2) is 8.63. The molecule has 156 valence electrons. The number of hydrogen-bond donors (Lipinski definition) is 1. The third-order valence-corrected chi connectivity index (χ3v) is 6.49. The Morgan fingerprint density at radius 3 is 2.66 bits per heavy atom. The number of carbonyl (C=O) groups is 1. The second-order valence-corrected chi connectivity index (χ2v) is 10.0. The minimum atomic E-state index is -3.53. The molecule has 1 aliphatic heterocycles. The molecule has 1 N–H and O–H groups in total. The maximum Gasteiger partial charge on any atom is 0.221 e. The van der Waals surface area contributed by atoms with E-state index in [0.29, 0.717) is 10.8 Å². The van der Waals surface area contributed by atoms with E-state index in [1.807, 2.05) is 32.0 Å². The van der Waals surface area contributed by atoms with Crippen LogP contribution in [0, 0.1) is 0 Å². The van der Waals surface area contributed by atoms with E-state index in [4.69, 9.17) is 21.1 Å². The van der Waals surface area contributed by atoms with Gasteiger partial charge in [-0.25, -0.2) is 8.42 Å². The Morgan fingerprint density at radius 1 is 1.21 bits per heavy atom. The lowest BCUT2D eigenvalue weighted by molar-refractivity contribution is -0.120. The average molecular weight is 438 g/mol. The molecule has 1 heterocycles. The molecule has 6 nitrogen and oxygen atoms in total. The summed E-state index contributed by atoms with van der Waals surface area (Å²) < 4.78 is 36.2. The molecule has 0 fully saturated rings. The normalized spacial score (nSPS) is 14.7. The summed E-state index contributed by atoms with van der Waals surface area (Å²) in [5, 5.41) is 3.14. The summed E-state index contributed by atoms with van der Waals surface area (Å²) in [5.74, 6) is 0.781. The van der Waals surface area contributed by atoms with E-state index in [0.717, 1.165) is 17.7 Å². The molecule has 0 aromatic heterocycles. The Kier molecular flexibility index (Phi) is 6.39. The molecule has 0 bridgehead atoms. The molecule has 0 spiro atoms. The van der Waals surface area contributed by atoms with Gasteiger partial charge < -0.3 is 14.8 Å². The molecule has 29 heavy (non-hydrogen) atoms. The lowest BCUT2D eigenvalue weighted by Gasteiger charge is -2.18. The SMILES string of the molecule is CC1(C)Cc2cccc(OCCNC(=O)CCS(=O)(=O)c3ccc(Cl)cc3)c2O1. The van der Waals surface area contributed by atoms with E-state index in [-0.39, 0.29) is 41.7 Å². The number of benzene rings is 2. The number of para-hydroxylation sites is 1. The topological polar surface area (TPSA) is 81.7 Å². The summed E-state index contributed by atoms with van der Waals surface area (Å²) in [5.41, 5.74) is 0.843. The van der Waals surface area contributed by atoms with Gasteiger partial charge in [0.05, 0.1) is 17.2 Å². The van der Waals surface area contributed by atoms with Gasteiger partial charge in [-0.3, -0.25) is 4.79 Å². The van der Waals surface area contributed by atoms with Crippen LogP contribution in [-0.2, 0) is 21.1 Å². The number of fused-ring (bicyclic) bond motifs is 1. The molecule has 8 heteroatoms. The van der Waals surface area contributed by atoms with Crippen LogP contribution in [0.1, 0.15) is 25.8 Å². The molecule has 0 saturated carbocycles. The third kappa shape index (κ3) is 5.64. The Labute approximate surface area is 176 Å². The highest BCUT2D eigenvalue weighted by Crippen LogP contribution is 2.41. The van der Waals surface area contributed by atoms with E-state index >= 15 is 0 Å². The average Bonchev–Trinajstić information content (AvgIpc) is 2.98. The van der Waals surface area contributed by atoms with Crippen molar-refractivity contribution in [3.63, 3.8) is 0 Å². The first-order chi connectivity index (χ1) is 13.7. The standard InChI is InChI=1S/C21H24ClNO5S/c1-21(2)14-15-4-3-5-18(20(15)28-21)27-12-11-23-19(24)10-13-29(25,26)17-8-6-16(22)7-9-17/h3-9H,10-14H2,1-2H3,(H,23,24). The number of carbonyl (C=O) groups excluding carboxylic acids is 1. The molecule has 0 radical (unpaired) electrons. The zero-order valence-electron chi connectivity index (χ0n) is 16.4. The van der Waals surface area contributed by atoms with Crippen LogP contribution >= 0.6 is 11.6 Å². The van der Waals surface area contributed by atoms with Crippen molar-refractivity contribution in [1.29, 1.82) is 0 Å². The number of ether oxygens (including phenoxy) is 2. The van der Waals surface area contributed by atoms with Crippen LogP contribution in [0.2, 0.25) is 5.02 Å². The highest BCUT2D eigenvalue weighted by atomic mass is 35.5. The van der Waals surface area contributed by atoms with E-state index in [2.05, 4.69) is 5.32 Å². The predicted octanol–water partition coefficient (Wildman–Crippen LogP) is 3.41. The minimum Gasteiger partial charge on any atom is -0.488 e. The van der Waals surface area contributed by atoms with Gasteiger partial charge in [-0.15, -0.1) is 0 Å². The zero-order chi connectivity index (χ0) is 21.1. The summed E-state index contributed by atoms with van der Waals surface area (Å²) in [6.07, 6.45) is 0.696. The van der Waals surface area contributed by atoms with Crippen LogP contribution in [0.3, 0.4) is 0 Å². The smallest absolute Gasteiger partial charge is 0.221 e. The number of hydrogen-bond acceptors (Lipinski definition) is 5. The molecular weight excluding hydrogens is 414 g/mol. The summed E-state index contributed by atoms with van der Waals surface area (Å²) in [6.45, 7) is 4.58. The van der Waals surface area contributed by atoms with Crippen LogP contribution in [0.15, 0.2) is 47.4 Å². The summed E-state index contributed by atoms with van der Waals surface area (Å²) in [7, 11) is -3.53. The number of halogens is 1. The number of rotatable bonds is 8. The summed E-state index contributed by atoms with van der Waals surface area (Å²) in [6, 6.07) is 11.7. The lowest BCUT2D eigenvalue weighted by Crippen LogP contribution is -2.29. The van der Waals surface area contributed by atoms with Gasteiger partial charge in [0.25, 0.3) is 0 Å². The van der Waals surface area contributed by atoms with Crippen molar-refractivity contribution < 1.29 is 22.7 Å². The highest BCUT2D eigenvalue weighted by molar-refractivity contribution is 7.91. The highest BCUT2D eigenvalue weighted by Gasteiger charge is 2.32. The van der Waals surface area contributed by atoms with Crippen molar-refractivity contribution in [3.05, 3.63) is 53.1 Å². The van der Waals surface area contributed by atoms with Crippen molar-refractivity contribution in [2.45, 2.75) is 37.2 Å². The van der Waals surface area contributed by atoms with E-state index in [1.54, 1.807) is 0 Å². The fourth-order valence-corrected chi connectivity index (χ4v) is 4.49. The number of nitrogens with one attached hydrogen (secondary N) is 1. The molecule has 1 amide bonds. The van der Waals surface area contributed by atoms with Crippen molar-refractivity contribution in [3.8, 4) is 11.5 Å². The van der Waals surface area contributed by atoms with Crippen LogP contribution in [0.4, 0.5) is 0 Å². The first kappa shape index (κ1) is 21.5. The quantitative estimate of drug-likeness (QED) is 0.640. The fraction of sp³-hybridized carbons (Fsp3) is 0.381. The monoisotopic (exact) mass is 437 g/mol. The van der Waals surface area contributed by atoms with E-state index in [1.165, 1.54) is 24.3 Å². The van der Waals surface area contributed by atoms with Crippen LogP contribution < -0.4 is 14.8 Å². The van der Waals surface area contributed by atoms with Crippen LogP contribution in [0.25, 0.3) is 0 Å². The van der Waals surface area contributed by atoms with Crippen molar-refractivity contribution in [2.24, 2.45) is 0 Å². The van der Waals surface area contributed by atoms with Gasteiger partial charge in [0, 0.05) is 23.4 Å². The van der Waals surface area contributed by atoms with Gasteiger partial charge in [0.2, 0.25) is 5.91 Å². The second-order valence-electron chi connectivity index (χ2n) is 7.50. The molecule has 1 aliphatic rings. The number of amides is 1. The Morgan fingerprint density at radius 2 is 1.93 bits per heavy atom. The fourth-order valence-electron chi connectivity index (χ4n) is 3.13. The Hall–Kier alpha value is -2.25. The molecule has 2 aromatic rings. The van der Waals surface area contributed by atoms with E-state index < -0.39 is 9.84 Å². The van der Waals surface area contributed by atoms with Crippen molar-refractivity contribution in [1.82, 2.24) is 5.32 Å². The van der Waals surface area contributed by atoms with Gasteiger partial charge in [0.1, 0.15) is 12.2 Å². The molecule has 0 aliphatic carbocycles. The number of sulfone groups is 1. The van der Waals surface area contributed by atoms with Crippen molar-refractivity contribution >= 4 is 27.3 Å². The van der Waals surface area contributed by atoms with Gasteiger partial charge >= 0.3 is 0 Å². The van der Waals surface area contributed by atoms with Crippen molar-refractivity contribution in [2.75, 3.05) is 18.9 Å². The zero-order valence-corrected chi connectivity index (χ0v) is 18.0. The van der Waals surface area contributed by atoms with Crippen LogP contribution in [0.5, 0.6) is 11.5 Å². The van der Waals surface area contributed by atoms with Gasteiger partial charge in [0.15, 0.2) is 21.3 Å². The maximum absolute atomic E-state index is 12.3. The maximum atomic E-state index is 12.3. The first-order valence-electron chi connectivity index (χ1n) is 9.35. The van der Waals surface area contributed by atoms with Gasteiger partial charge in [-0.2, -0.15) is 0 Å². The molecule has 0 saturated heterocycles. The predicted molar refractivity (Wildman–Crippen MR) is 111 cm³/mol. The van der Waals surface area contributed by atoms with Crippen LogP contribution in [-0.4, -0.2) is 38.8 Å². The lowest BCUT2D eigenvalue weighted by atomic mass is 10.0. The largest absolute Gasteiger partial charge is 0.488 e. The molecular formula is C21H24ClNO5S. The summed E-state index contributed by atoms with van der Waals surface area (Å²) >= 11 is 5.77. The minimum absolute atomic E-state index is 0.122. The Balaban J connectivity index is 1.43. The molecule has 2 aromatic carbocycles.